The molecule has 1 aliphatic heterocycles. The van der Waals surface area contributed by atoms with Gasteiger partial charge >= 0.3 is 0 Å². The van der Waals surface area contributed by atoms with Gasteiger partial charge in [0.15, 0.2) is 0 Å². The van der Waals surface area contributed by atoms with Gasteiger partial charge in [0.2, 0.25) is 0 Å². The minimum atomic E-state index is -4.26. The van der Waals surface area contributed by atoms with Crippen molar-refractivity contribution in [1.29, 1.82) is 0 Å². The fraction of sp³-hybridized carbons (Fsp3) is 0.684. The zero-order valence-corrected chi connectivity index (χ0v) is 19.6. The molecule has 10 heteroatoms. The van der Waals surface area contributed by atoms with Gasteiger partial charge < -0.3 is 9.80 Å². The van der Waals surface area contributed by atoms with E-state index in [2.05, 4.69) is 25.7 Å². The maximum atomic E-state index is 11.3. The Morgan fingerprint density at radius 2 is 1.59 bits per heavy atom. The van der Waals surface area contributed by atoms with Crippen molar-refractivity contribution < 1.29 is 25.9 Å². The first-order chi connectivity index (χ1) is 13.2. The summed E-state index contributed by atoms with van der Waals surface area (Å²) in [6, 6.07) is 4.39. The van der Waals surface area contributed by atoms with E-state index in [0.717, 1.165) is 11.3 Å². The van der Waals surface area contributed by atoms with Gasteiger partial charge in [0.1, 0.15) is 0 Å². The third-order valence-corrected chi connectivity index (χ3v) is 6.75. The van der Waals surface area contributed by atoms with Gasteiger partial charge in [0, 0.05) is 24.2 Å². The number of nitrogens with zero attached hydrogens (tertiary/aromatic N) is 2. The topological polar surface area (TPSA) is 115 Å². The summed E-state index contributed by atoms with van der Waals surface area (Å²) in [4.78, 5) is 4.17. The average molecular weight is 451 g/mol. The third kappa shape index (κ3) is 7.86. The van der Waals surface area contributed by atoms with Crippen molar-refractivity contribution in [2.75, 3.05) is 43.4 Å². The summed E-state index contributed by atoms with van der Waals surface area (Å²) < 4.78 is 62.0. The average Bonchev–Trinajstić information content (AvgIpc) is 2.85. The van der Waals surface area contributed by atoms with Crippen molar-refractivity contribution >= 4 is 25.9 Å². The fourth-order valence-corrected chi connectivity index (χ4v) is 4.45. The van der Waals surface area contributed by atoms with Crippen LogP contribution >= 0.6 is 0 Å². The first-order valence-electron chi connectivity index (χ1n) is 9.79. The Bertz CT molecular complexity index is 872. The SMILES string of the molecule is CC1(C)CN(CCCS(=O)(=O)O)c2ccc(S(=O)(=O)O)cc21.CCN(CC)CC. The molecule has 0 spiro atoms. The lowest BCUT2D eigenvalue weighted by Crippen LogP contribution is -2.30. The molecular weight excluding hydrogens is 416 g/mol. The number of rotatable bonds is 8. The van der Waals surface area contributed by atoms with Crippen LogP contribution in [0.5, 0.6) is 0 Å². The van der Waals surface area contributed by atoms with E-state index in [4.69, 9.17) is 9.11 Å². The number of hydrogen-bond acceptors (Lipinski definition) is 6. The minimum Gasteiger partial charge on any atom is -0.370 e. The van der Waals surface area contributed by atoms with Crippen molar-refractivity contribution in [2.24, 2.45) is 0 Å². The molecule has 2 rings (SSSR count). The lowest BCUT2D eigenvalue weighted by Gasteiger charge is -2.22. The monoisotopic (exact) mass is 450 g/mol. The van der Waals surface area contributed by atoms with E-state index in [1.54, 1.807) is 6.07 Å². The summed E-state index contributed by atoms with van der Waals surface area (Å²) in [5, 5.41) is 0. The molecule has 0 amide bonds. The van der Waals surface area contributed by atoms with Crippen molar-refractivity contribution in [3.8, 4) is 0 Å². The predicted molar refractivity (Wildman–Crippen MR) is 116 cm³/mol. The lowest BCUT2D eigenvalue weighted by molar-refractivity contribution is 0.321. The molecule has 0 aromatic heterocycles. The van der Waals surface area contributed by atoms with Gasteiger partial charge in [-0.1, -0.05) is 34.6 Å². The molecule has 0 saturated heterocycles. The third-order valence-electron chi connectivity index (χ3n) is 5.09. The van der Waals surface area contributed by atoms with Crippen LogP contribution in [0.2, 0.25) is 0 Å². The molecule has 0 fully saturated rings. The molecule has 1 aromatic rings. The quantitative estimate of drug-likeness (QED) is 0.581. The Labute approximate surface area is 175 Å². The van der Waals surface area contributed by atoms with Crippen LogP contribution in [0.3, 0.4) is 0 Å². The summed E-state index contributed by atoms with van der Waals surface area (Å²) in [6.07, 6.45) is 0.272. The van der Waals surface area contributed by atoms with Crippen LogP contribution in [0.1, 0.15) is 46.6 Å². The molecular formula is C19H34N2O6S2. The Morgan fingerprint density at radius 1 is 1.03 bits per heavy atom. The highest BCUT2D eigenvalue weighted by atomic mass is 32.2. The largest absolute Gasteiger partial charge is 0.370 e. The van der Waals surface area contributed by atoms with Crippen molar-refractivity contribution in [3.63, 3.8) is 0 Å². The Hall–Kier alpha value is -1.20. The van der Waals surface area contributed by atoms with E-state index in [0.29, 0.717) is 13.1 Å². The molecule has 0 radical (unpaired) electrons. The van der Waals surface area contributed by atoms with Gasteiger partial charge in [0.05, 0.1) is 10.6 Å². The van der Waals surface area contributed by atoms with Crippen LogP contribution in [0.15, 0.2) is 23.1 Å². The van der Waals surface area contributed by atoms with Crippen LogP contribution in [0, 0.1) is 0 Å². The number of hydrogen-bond donors (Lipinski definition) is 2. The normalized spacial score (nSPS) is 15.8. The summed E-state index contributed by atoms with van der Waals surface area (Å²) in [5.74, 6) is -0.317. The van der Waals surface area contributed by atoms with E-state index in [1.165, 1.54) is 31.8 Å². The van der Waals surface area contributed by atoms with Crippen molar-refractivity contribution in [1.82, 2.24) is 4.90 Å². The highest BCUT2D eigenvalue weighted by Gasteiger charge is 2.35. The first-order valence-corrected chi connectivity index (χ1v) is 12.8. The molecule has 1 aromatic carbocycles. The van der Waals surface area contributed by atoms with Crippen LogP contribution in [0.4, 0.5) is 5.69 Å². The summed E-state index contributed by atoms with van der Waals surface area (Å²) >= 11 is 0. The molecule has 0 unspecified atom stereocenters. The van der Waals surface area contributed by atoms with Gasteiger partial charge in [-0.3, -0.25) is 9.11 Å². The highest BCUT2D eigenvalue weighted by Crippen LogP contribution is 2.41. The van der Waals surface area contributed by atoms with Gasteiger partial charge in [-0.2, -0.15) is 16.8 Å². The summed E-state index contributed by atoms with van der Waals surface area (Å²) in [7, 11) is -8.25. The van der Waals surface area contributed by atoms with Crippen LogP contribution < -0.4 is 4.90 Å². The van der Waals surface area contributed by atoms with E-state index >= 15 is 0 Å². The maximum Gasteiger partial charge on any atom is 0.294 e. The Kier molecular flexibility index (Phi) is 9.10. The van der Waals surface area contributed by atoms with E-state index < -0.39 is 20.2 Å². The molecule has 1 aliphatic rings. The molecule has 0 atom stereocenters. The number of anilines is 1. The molecule has 0 saturated carbocycles. The van der Waals surface area contributed by atoms with E-state index in [1.807, 2.05) is 18.7 Å². The highest BCUT2D eigenvalue weighted by molar-refractivity contribution is 7.86. The molecule has 168 valence electrons. The van der Waals surface area contributed by atoms with Gasteiger partial charge in [-0.25, -0.2) is 0 Å². The summed E-state index contributed by atoms with van der Waals surface area (Å²) in [6.45, 7) is 15.1. The smallest absolute Gasteiger partial charge is 0.294 e. The van der Waals surface area contributed by atoms with Crippen molar-refractivity contribution in [2.45, 2.75) is 51.3 Å². The fourth-order valence-electron chi connectivity index (χ4n) is 3.45. The van der Waals surface area contributed by atoms with Gasteiger partial charge in [-0.15, -0.1) is 0 Å². The van der Waals surface area contributed by atoms with Gasteiger partial charge in [0.25, 0.3) is 20.2 Å². The zero-order chi connectivity index (χ0) is 22.5. The first kappa shape index (κ1) is 25.8. The van der Waals surface area contributed by atoms with Crippen LogP contribution in [0.25, 0.3) is 0 Å². The minimum absolute atomic E-state index is 0.154. The second-order valence-corrected chi connectivity index (χ2v) is 10.7. The number of fused-ring (bicyclic) bond motifs is 1. The van der Waals surface area contributed by atoms with Crippen LogP contribution in [-0.2, 0) is 25.7 Å². The standard InChI is InChI=1S/C13H19NO6S2.C6H15N/c1-13(2)9-14(6-3-7-21(15,16)17)12-5-4-10(8-11(12)13)22(18,19)20;1-4-7(5-2)6-3/h4-5,8H,3,6-7,9H2,1-2H3,(H,15,16,17)(H,18,19,20);4-6H2,1-3H3. The van der Waals surface area contributed by atoms with Crippen molar-refractivity contribution in [3.05, 3.63) is 23.8 Å². The van der Waals surface area contributed by atoms with Crippen LogP contribution in [-0.4, -0.2) is 69.3 Å². The molecule has 8 nitrogen and oxygen atoms in total. The summed E-state index contributed by atoms with van der Waals surface area (Å²) in [5.41, 5.74) is 1.27. The molecule has 0 aliphatic carbocycles. The number of benzene rings is 1. The van der Waals surface area contributed by atoms with E-state index in [9.17, 15) is 16.8 Å². The zero-order valence-electron chi connectivity index (χ0n) is 17.9. The second kappa shape index (κ2) is 10.2. The van der Waals surface area contributed by atoms with E-state index in [-0.39, 0.29) is 22.5 Å². The molecule has 1 heterocycles. The van der Waals surface area contributed by atoms with Gasteiger partial charge in [-0.05, 0) is 49.8 Å². The molecule has 29 heavy (non-hydrogen) atoms. The predicted octanol–water partition coefficient (Wildman–Crippen LogP) is 2.66. The molecule has 0 bridgehead atoms. The molecule has 2 N–H and O–H groups in total. The Morgan fingerprint density at radius 3 is 2.00 bits per heavy atom. The Balaban J connectivity index is 0.000000516. The maximum absolute atomic E-state index is 11.3. The lowest BCUT2D eigenvalue weighted by atomic mass is 9.87. The second-order valence-electron chi connectivity index (χ2n) is 7.72.